The minimum absolute atomic E-state index is 0.339. The second-order valence-electron chi connectivity index (χ2n) is 5.69. The highest BCUT2D eigenvalue weighted by molar-refractivity contribution is 5.88. The van der Waals surface area contributed by atoms with Crippen LogP contribution < -0.4 is 10.5 Å². The van der Waals surface area contributed by atoms with Crippen molar-refractivity contribution in [3.63, 3.8) is 0 Å². The Morgan fingerprint density at radius 2 is 1.80 bits per heavy atom. The molecule has 0 radical (unpaired) electrons. The van der Waals surface area contributed by atoms with E-state index in [-0.39, 0.29) is 0 Å². The van der Waals surface area contributed by atoms with Crippen molar-refractivity contribution in [2.45, 2.75) is 6.42 Å². The molecule has 3 aromatic heterocycles. The van der Waals surface area contributed by atoms with Gasteiger partial charge in [0, 0.05) is 24.4 Å². The number of nitrogens with zero attached hydrogens (tertiary/aromatic N) is 3. The zero-order valence-electron chi connectivity index (χ0n) is 13.7. The molecule has 0 spiro atoms. The van der Waals surface area contributed by atoms with E-state index in [0.717, 1.165) is 22.2 Å². The first kappa shape index (κ1) is 15.1. The maximum absolute atomic E-state index is 5.88. The Balaban J connectivity index is 2.01. The summed E-state index contributed by atoms with van der Waals surface area (Å²) in [6.07, 6.45) is 4.20. The van der Waals surface area contributed by atoms with Gasteiger partial charge < -0.3 is 15.5 Å². The van der Waals surface area contributed by atoms with Crippen LogP contribution in [0.25, 0.3) is 22.3 Å². The van der Waals surface area contributed by atoms with Crippen molar-refractivity contribution in [1.82, 2.24) is 19.9 Å². The highest BCUT2D eigenvalue weighted by Crippen LogP contribution is 2.37. The van der Waals surface area contributed by atoms with Crippen molar-refractivity contribution < 1.29 is 4.74 Å². The standard InChI is InChI=1S/C19H17N5O/c1-25-18-15(13-7-9-21-10-8-13)14(11-12-5-3-2-4-6-12)16-17(23-18)24-19(20)22-16/h2-10H,11H2,1H3,(H3,20,22,23,24). The van der Waals surface area contributed by atoms with Gasteiger partial charge in [-0.15, -0.1) is 0 Å². The number of imidazole rings is 1. The molecule has 0 aliphatic carbocycles. The molecule has 0 unspecified atom stereocenters. The van der Waals surface area contributed by atoms with E-state index in [1.807, 2.05) is 30.3 Å². The molecule has 124 valence electrons. The highest BCUT2D eigenvalue weighted by atomic mass is 16.5. The molecular formula is C19H17N5O. The zero-order valence-corrected chi connectivity index (χ0v) is 13.7. The monoisotopic (exact) mass is 331 g/mol. The Kier molecular flexibility index (Phi) is 3.78. The lowest BCUT2D eigenvalue weighted by atomic mass is 9.95. The van der Waals surface area contributed by atoms with Gasteiger partial charge >= 0.3 is 0 Å². The number of hydrogen-bond acceptors (Lipinski definition) is 5. The SMILES string of the molecule is COc1nc2[nH]c(N)nc2c(Cc2ccccc2)c1-c1ccncc1. The third kappa shape index (κ3) is 2.78. The minimum Gasteiger partial charge on any atom is -0.480 e. The Morgan fingerprint density at radius 1 is 1.04 bits per heavy atom. The Bertz CT molecular complexity index is 1010. The number of hydrogen-bond donors (Lipinski definition) is 2. The van der Waals surface area contributed by atoms with Gasteiger partial charge in [-0.05, 0) is 28.8 Å². The summed E-state index contributed by atoms with van der Waals surface area (Å²) < 4.78 is 5.58. The van der Waals surface area contributed by atoms with Crippen molar-refractivity contribution in [3.8, 4) is 17.0 Å². The largest absolute Gasteiger partial charge is 0.480 e. The van der Waals surface area contributed by atoms with Gasteiger partial charge in [-0.3, -0.25) is 4.98 Å². The van der Waals surface area contributed by atoms with Crippen LogP contribution in [0.4, 0.5) is 5.95 Å². The van der Waals surface area contributed by atoms with Crippen LogP contribution in [0.15, 0.2) is 54.9 Å². The maximum Gasteiger partial charge on any atom is 0.223 e. The van der Waals surface area contributed by atoms with Crippen molar-refractivity contribution in [2.75, 3.05) is 12.8 Å². The predicted molar refractivity (Wildman–Crippen MR) is 97.3 cm³/mol. The summed E-state index contributed by atoms with van der Waals surface area (Å²) in [5.74, 6) is 0.874. The van der Waals surface area contributed by atoms with Crippen molar-refractivity contribution in [2.24, 2.45) is 0 Å². The number of ether oxygens (including phenoxy) is 1. The number of aromatic amines is 1. The molecule has 4 aromatic rings. The van der Waals surface area contributed by atoms with Gasteiger partial charge in [-0.25, -0.2) is 4.98 Å². The number of H-pyrrole nitrogens is 1. The first-order chi connectivity index (χ1) is 12.3. The van der Waals surface area contributed by atoms with Gasteiger partial charge in [0.25, 0.3) is 0 Å². The third-order valence-electron chi connectivity index (χ3n) is 4.10. The quantitative estimate of drug-likeness (QED) is 0.599. The Hall–Kier alpha value is -3.41. The maximum atomic E-state index is 5.88. The van der Waals surface area contributed by atoms with Crippen molar-refractivity contribution >= 4 is 17.1 Å². The second-order valence-corrected chi connectivity index (χ2v) is 5.69. The average molecular weight is 331 g/mol. The number of nitrogens with two attached hydrogens (primary N) is 1. The number of pyridine rings is 2. The number of fused-ring (bicyclic) bond motifs is 1. The summed E-state index contributed by atoms with van der Waals surface area (Å²) in [4.78, 5) is 16.1. The first-order valence-corrected chi connectivity index (χ1v) is 7.92. The topological polar surface area (TPSA) is 89.7 Å². The van der Waals surface area contributed by atoms with E-state index in [9.17, 15) is 0 Å². The first-order valence-electron chi connectivity index (χ1n) is 7.92. The van der Waals surface area contributed by atoms with Crippen molar-refractivity contribution in [3.05, 3.63) is 66.0 Å². The number of benzene rings is 1. The summed E-state index contributed by atoms with van der Waals surface area (Å²) in [6.45, 7) is 0. The molecule has 6 nitrogen and oxygen atoms in total. The van der Waals surface area contributed by atoms with Crippen LogP contribution in [0.1, 0.15) is 11.1 Å². The van der Waals surface area contributed by atoms with E-state index in [1.165, 1.54) is 5.56 Å². The normalized spacial score (nSPS) is 10.9. The average Bonchev–Trinajstić information content (AvgIpc) is 3.03. The summed E-state index contributed by atoms with van der Waals surface area (Å²) >= 11 is 0. The van der Waals surface area contributed by atoms with E-state index in [4.69, 9.17) is 10.5 Å². The van der Waals surface area contributed by atoms with Crippen LogP contribution in [0.2, 0.25) is 0 Å². The summed E-state index contributed by atoms with van der Waals surface area (Å²) in [5.41, 5.74) is 11.3. The zero-order chi connectivity index (χ0) is 17.2. The van der Waals surface area contributed by atoms with E-state index >= 15 is 0 Å². The molecule has 3 heterocycles. The van der Waals surface area contributed by atoms with Crippen LogP contribution in [0.3, 0.4) is 0 Å². The van der Waals surface area contributed by atoms with Crippen LogP contribution in [0.5, 0.6) is 5.88 Å². The molecule has 1 aromatic carbocycles. The van der Waals surface area contributed by atoms with Crippen LogP contribution in [-0.4, -0.2) is 27.0 Å². The molecule has 0 saturated heterocycles. The lowest BCUT2D eigenvalue weighted by Gasteiger charge is -2.14. The molecule has 4 rings (SSSR count). The van der Waals surface area contributed by atoms with E-state index in [1.54, 1.807) is 19.5 Å². The van der Waals surface area contributed by atoms with Gasteiger partial charge in [0.1, 0.15) is 5.52 Å². The van der Waals surface area contributed by atoms with Gasteiger partial charge in [0.05, 0.1) is 7.11 Å². The van der Waals surface area contributed by atoms with Gasteiger partial charge in [-0.2, -0.15) is 4.98 Å². The van der Waals surface area contributed by atoms with E-state index in [2.05, 4.69) is 32.1 Å². The number of aromatic nitrogens is 4. The highest BCUT2D eigenvalue weighted by Gasteiger charge is 2.20. The molecule has 0 bridgehead atoms. The smallest absolute Gasteiger partial charge is 0.223 e. The fourth-order valence-electron chi connectivity index (χ4n) is 3.01. The van der Waals surface area contributed by atoms with Crippen molar-refractivity contribution in [1.29, 1.82) is 0 Å². The van der Waals surface area contributed by atoms with Crippen LogP contribution >= 0.6 is 0 Å². The molecule has 25 heavy (non-hydrogen) atoms. The second kappa shape index (κ2) is 6.24. The molecule has 0 fully saturated rings. The molecule has 6 heteroatoms. The number of nitrogen functional groups attached to an aromatic ring is 1. The summed E-state index contributed by atoms with van der Waals surface area (Å²) in [6, 6.07) is 14.1. The van der Waals surface area contributed by atoms with E-state index < -0.39 is 0 Å². The fraction of sp³-hybridized carbons (Fsp3) is 0.105. The lowest BCUT2D eigenvalue weighted by Crippen LogP contribution is -2.00. The molecule has 0 saturated carbocycles. The lowest BCUT2D eigenvalue weighted by molar-refractivity contribution is 0.401. The third-order valence-corrected chi connectivity index (χ3v) is 4.10. The number of methoxy groups -OCH3 is 1. The van der Waals surface area contributed by atoms with Crippen LogP contribution in [-0.2, 0) is 6.42 Å². The number of nitrogens with one attached hydrogen (secondary N) is 1. The molecule has 0 atom stereocenters. The minimum atomic E-state index is 0.339. The van der Waals surface area contributed by atoms with Gasteiger partial charge in [0.2, 0.25) is 5.88 Å². The van der Waals surface area contributed by atoms with Crippen LogP contribution in [0, 0.1) is 0 Å². The van der Waals surface area contributed by atoms with Gasteiger partial charge in [0.15, 0.2) is 11.6 Å². The number of rotatable bonds is 4. The molecule has 0 amide bonds. The summed E-state index contributed by atoms with van der Waals surface area (Å²) in [5, 5.41) is 0. The molecule has 0 aliphatic rings. The van der Waals surface area contributed by atoms with Gasteiger partial charge in [-0.1, -0.05) is 30.3 Å². The molecule has 0 aliphatic heterocycles. The summed E-state index contributed by atoms with van der Waals surface area (Å²) in [7, 11) is 1.62. The fourth-order valence-corrected chi connectivity index (χ4v) is 3.01. The molecular weight excluding hydrogens is 314 g/mol. The Labute approximate surface area is 144 Å². The predicted octanol–water partition coefficient (Wildman–Crippen LogP) is 3.20. The number of anilines is 1. The van der Waals surface area contributed by atoms with E-state index in [0.29, 0.717) is 23.9 Å². The molecule has 3 N–H and O–H groups in total. The Morgan fingerprint density at radius 3 is 2.52 bits per heavy atom.